The van der Waals surface area contributed by atoms with Gasteiger partial charge in [-0.15, -0.1) is 0 Å². The zero-order valence-electron chi connectivity index (χ0n) is 13.7. The molecule has 3 nitrogen and oxygen atoms in total. The molecule has 0 heterocycles. The van der Waals surface area contributed by atoms with Gasteiger partial charge in [-0.25, -0.2) is 0 Å². The van der Waals surface area contributed by atoms with Crippen LogP contribution in [0.2, 0.25) is 0 Å². The SMILES string of the molecule is CCCCCCCCCCCCOCC(C)OCCO. The molecule has 20 heavy (non-hydrogen) atoms. The monoisotopic (exact) mass is 288 g/mol. The van der Waals surface area contributed by atoms with Crippen molar-refractivity contribution < 1.29 is 14.6 Å². The van der Waals surface area contributed by atoms with Crippen LogP contribution in [0.3, 0.4) is 0 Å². The van der Waals surface area contributed by atoms with Crippen molar-refractivity contribution in [3.63, 3.8) is 0 Å². The Morgan fingerprint density at radius 1 is 0.800 bits per heavy atom. The molecule has 0 aromatic carbocycles. The molecule has 0 saturated heterocycles. The van der Waals surface area contributed by atoms with E-state index in [9.17, 15) is 0 Å². The zero-order valence-corrected chi connectivity index (χ0v) is 13.7. The third-order valence-corrected chi connectivity index (χ3v) is 3.49. The zero-order chi connectivity index (χ0) is 14.9. The van der Waals surface area contributed by atoms with Crippen LogP contribution in [0.25, 0.3) is 0 Å². The maximum absolute atomic E-state index is 8.62. The second-order valence-corrected chi connectivity index (χ2v) is 5.66. The molecule has 0 rings (SSSR count). The van der Waals surface area contributed by atoms with Crippen LogP contribution < -0.4 is 0 Å². The molecule has 0 aliphatic rings. The van der Waals surface area contributed by atoms with E-state index >= 15 is 0 Å². The van der Waals surface area contributed by atoms with Crippen LogP contribution in [-0.2, 0) is 9.47 Å². The second-order valence-electron chi connectivity index (χ2n) is 5.66. The van der Waals surface area contributed by atoms with Crippen molar-refractivity contribution in [1.29, 1.82) is 0 Å². The highest BCUT2D eigenvalue weighted by atomic mass is 16.5. The highest BCUT2D eigenvalue weighted by molar-refractivity contribution is 4.49. The Hall–Kier alpha value is -0.120. The largest absolute Gasteiger partial charge is 0.394 e. The molecule has 0 aromatic heterocycles. The van der Waals surface area contributed by atoms with E-state index in [2.05, 4.69) is 6.92 Å². The molecular weight excluding hydrogens is 252 g/mol. The molecule has 0 aromatic rings. The van der Waals surface area contributed by atoms with Crippen molar-refractivity contribution in [3.8, 4) is 0 Å². The molecule has 0 bridgehead atoms. The minimum absolute atomic E-state index is 0.0861. The summed E-state index contributed by atoms with van der Waals surface area (Å²) in [6.45, 7) is 6.21. The van der Waals surface area contributed by atoms with Crippen LogP contribution in [0.15, 0.2) is 0 Å². The van der Waals surface area contributed by atoms with Crippen LogP contribution in [0.4, 0.5) is 0 Å². The van der Waals surface area contributed by atoms with E-state index < -0.39 is 0 Å². The smallest absolute Gasteiger partial charge is 0.0781 e. The first-order chi connectivity index (χ1) is 9.81. The summed E-state index contributed by atoms with van der Waals surface area (Å²) in [5.41, 5.74) is 0. The van der Waals surface area contributed by atoms with Gasteiger partial charge in [-0.1, -0.05) is 64.7 Å². The van der Waals surface area contributed by atoms with Gasteiger partial charge < -0.3 is 14.6 Å². The molecule has 3 heteroatoms. The Balaban J connectivity index is 3.02. The predicted molar refractivity (Wildman–Crippen MR) is 85.2 cm³/mol. The average molecular weight is 288 g/mol. The molecule has 0 radical (unpaired) electrons. The quantitative estimate of drug-likeness (QED) is 0.430. The first-order valence-corrected chi connectivity index (χ1v) is 8.61. The van der Waals surface area contributed by atoms with Gasteiger partial charge in [0, 0.05) is 6.61 Å². The summed E-state index contributed by atoms with van der Waals surface area (Å²) in [7, 11) is 0. The predicted octanol–water partition coefficient (Wildman–Crippen LogP) is 4.32. The van der Waals surface area contributed by atoms with Crippen LogP contribution >= 0.6 is 0 Å². The Kier molecular flexibility index (Phi) is 16.8. The van der Waals surface area contributed by atoms with Crippen molar-refractivity contribution in [1.82, 2.24) is 0 Å². The first-order valence-electron chi connectivity index (χ1n) is 8.61. The topological polar surface area (TPSA) is 38.7 Å². The highest BCUT2D eigenvalue weighted by Crippen LogP contribution is 2.10. The summed E-state index contributed by atoms with van der Waals surface area (Å²) in [4.78, 5) is 0. The number of ether oxygens (including phenoxy) is 2. The second kappa shape index (κ2) is 16.9. The average Bonchev–Trinajstić information content (AvgIpc) is 2.46. The summed E-state index contributed by atoms with van der Waals surface area (Å²) in [5.74, 6) is 0. The van der Waals surface area contributed by atoms with E-state index in [1.54, 1.807) is 0 Å². The minimum atomic E-state index is 0.0861. The maximum atomic E-state index is 8.62. The molecule has 1 unspecified atom stereocenters. The number of unbranched alkanes of at least 4 members (excludes halogenated alkanes) is 9. The van der Waals surface area contributed by atoms with Crippen molar-refractivity contribution >= 4 is 0 Å². The van der Waals surface area contributed by atoms with Gasteiger partial charge in [0.2, 0.25) is 0 Å². The van der Waals surface area contributed by atoms with E-state index in [4.69, 9.17) is 14.6 Å². The lowest BCUT2D eigenvalue weighted by Crippen LogP contribution is -2.18. The number of hydrogen-bond acceptors (Lipinski definition) is 3. The minimum Gasteiger partial charge on any atom is -0.394 e. The fourth-order valence-corrected chi connectivity index (χ4v) is 2.24. The molecular formula is C17H36O3. The fourth-order valence-electron chi connectivity index (χ4n) is 2.24. The van der Waals surface area contributed by atoms with E-state index in [1.807, 2.05) is 6.92 Å². The molecule has 1 atom stereocenters. The number of rotatable bonds is 16. The van der Waals surface area contributed by atoms with E-state index in [0.717, 1.165) is 13.0 Å². The molecule has 122 valence electrons. The third kappa shape index (κ3) is 15.9. The van der Waals surface area contributed by atoms with Gasteiger partial charge in [0.1, 0.15) is 0 Å². The van der Waals surface area contributed by atoms with Gasteiger partial charge in [-0.2, -0.15) is 0 Å². The van der Waals surface area contributed by atoms with Crippen LogP contribution in [0.1, 0.15) is 78.1 Å². The van der Waals surface area contributed by atoms with Gasteiger partial charge in [0.25, 0.3) is 0 Å². The summed E-state index contributed by atoms with van der Waals surface area (Å²) in [6, 6.07) is 0. The van der Waals surface area contributed by atoms with Crippen molar-refractivity contribution in [2.45, 2.75) is 84.2 Å². The van der Waals surface area contributed by atoms with E-state index in [-0.39, 0.29) is 12.7 Å². The van der Waals surface area contributed by atoms with Crippen molar-refractivity contribution in [2.24, 2.45) is 0 Å². The molecule has 0 amide bonds. The number of hydrogen-bond donors (Lipinski definition) is 1. The number of aliphatic hydroxyl groups is 1. The molecule has 0 spiro atoms. The van der Waals surface area contributed by atoms with Gasteiger partial charge in [-0.3, -0.25) is 0 Å². The lowest BCUT2D eigenvalue weighted by molar-refractivity contribution is -0.0189. The van der Waals surface area contributed by atoms with Crippen LogP contribution in [0.5, 0.6) is 0 Å². The van der Waals surface area contributed by atoms with E-state index in [0.29, 0.717) is 13.2 Å². The Morgan fingerprint density at radius 2 is 1.35 bits per heavy atom. The third-order valence-electron chi connectivity index (χ3n) is 3.49. The van der Waals surface area contributed by atoms with Gasteiger partial charge >= 0.3 is 0 Å². The lowest BCUT2D eigenvalue weighted by Gasteiger charge is -2.12. The van der Waals surface area contributed by atoms with Gasteiger partial charge in [-0.05, 0) is 13.3 Å². The fraction of sp³-hybridized carbons (Fsp3) is 1.00. The standard InChI is InChI=1S/C17H36O3/c1-3-4-5-6-7-8-9-10-11-12-14-19-16-17(2)20-15-13-18/h17-18H,3-16H2,1-2H3. The van der Waals surface area contributed by atoms with Gasteiger partial charge in [0.05, 0.1) is 25.9 Å². The van der Waals surface area contributed by atoms with Crippen molar-refractivity contribution in [3.05, 3.63) is 0 Å². The summed E-state index contributed by atoms with van der Waals surface area (Å²) >= 11 is 0. The van der Waals surface area contributed by atoms with Crippen LogP contribution in [0, 0.1) is 0 Å². The molecule has 0 saturated carbocycles. The normalized spacial score (nSPS) is 12.8. The summed E-state index contributed by atoms with van der Waals surface area (Å²) < 4.78 is 10.9. The Labute approximate surface area is 126 Å². The van der Waals surface area contributed by atoms with Gasteiger partial charge in [0.15, 0.2) is 0 Å². The molecule has 0 aliphatic heterocycles. The molecule has 0 fully saturated rings. The Morgan fingerprint density at radius 3 is 1.90 bits per heavy atom. The van der Waals surface area contributed by atoms with E-state index in [1.165, 1.54) is 57.8 Å². The first kappa shape index (κ1) is 19.9. The lowest BCUT2D eigenvalue weighted by atomic mass is 10.1. The van der Waals surface area contributed by atoms with Crippen molar-refractivity contribution in [2.75, 3.05) is 26.4 Å². The molecule has 0 aliphatic carbocycles. The maximum Gasteiger partial charge on any atom is 0.0781 e. The number of aliphatic hydroxyl groups excluding tert-OH is 1. The summed E-state index contributed by atoms with van der Waals surface area (Å²) in [6.07, 6.45) is 13.6. The molecule has 1 N–H and O–H groups in total. The highest BCUT2D eigenvalue weighted by Gasteiger charge is 2.01. The Bertz CT molecular complexity index is 174. The van der Waals surface area contributed by atoms with Crippen LogP contribution in [-0.4, -0.2) is 37.6 Å². The summed E-state index contributed by atoms with van der Waals surface area (Å²) in [5, 5.41) is 8.62.